The van der Waals surface area contributed by atoms with Crippen LogP contribution in [0.4, 0.5) is 0 Å². The summed E-state index contributed by atoms with van der Waals surface area (Å²) in [5.74, 6) is 0.528. The molecule has 0 spiro atoms. The van der Waals surface area contributed by atoms with Crippen molar-refractivity contribution in [1.82, 2.24) is 4.90 Å². The van der Waals surface area contributed by atoms with Gasteiger partial charge in [0.25, 0.3) is 0 Å². The van der Waals surface area contributed by atoms with Gasteiger partial charge in [0.2, 0.25) is 5.91 Å². The summed E-state index contributed by atoms with van der Waals surface area (Å²) >= 11 is 4.95. The first-order valence-electron chi connectivity index (χ1n) is 6.18. The zero-order valence-electron chi connectivity index (χ0n) is 10.2. The van der Waals surface area contributed by atoms with E-state index >= 15 is 0 Å². The molecule has 1 saturated heterocycles. The molecule has 0 aromatic rings. The lowest BCUT2D eigenvalue weighted by atomic mass is 9.94. The highest BCUT2D eigenvalue weighted by atomic mass is 32.1. The predicted octanol–water partition coefficient (Wildman–Crippen LogP) is 1.95. The van der Waals surface area contributed by atoms with Crippen molar-refractivity contribution in [3.8, 4) is 0 Å². The molecular formula is C12H22N2OS. The van der Waals surface area contributed by atoms with Crippen LogP contribution in [0.25, 0.3) is 0 Å². The highest BCUT2D eigenvalue weighted by Crippen LogP contribution is 2.21. The van der Waals surface area contributed by atoms with Crippen LogP contribution in [0.3, 0.4) is 0 Å². The van der Waals surface area contributed by atoms with Gasteiger partial charge in [0.1, 0.15) is 0 Å². The summed E-state index contributed by atoms with van der Waals surface area (Å²) in [5, 5.41) is 0. The first-order valence-corrected chi connectivity index (χ1v) is 6.59. The molecule has 1 aliphatic heterocycles. The largest absolute Gasteiger partial charge is 0.393 e. The molecule has 4 heteroatoms. The Morgan fingerprint density at radius 2 is 2.25 bits per heavy atom. The van der Waals surface area contributed by atoms with Gasteiger partial charge in [-0.1, -0.05) is 32.5 Å². The van der Waals surface area contributed by atoms with E-state index in [1.165, 1.54) is 6.42 Å². The molecule has 1 rings (SSSR count). The molecule has 0 radical (unpaired) electrons. The van der Waals surface area contributed by atoms with Crippen molar-refractivity contribution in [3.63, 3.8) is 0 Å². The van der Waals surface area contributed by atoms with E-state index in [1.54, 1.807) is 0 Å². The summed E-state index contributed by atoms with van der Waals surface area (Å²) in [6, 6.07) is 0. The Hall–Kier alpha value is -0.640. The monoisotopic (exact) mass is 242 g/mol. The van der Waals surface area contributed by atoms with Gasteiger partial charge in [-0.3, -0.25) is 4.79 Å². The Balaban J connectivity index is 2.61. The van der Waals surface area contributed by atoms with Gasteiger partial charge < -0.3 is 10.6 Å². The van der Waals surface area contributed by atoms with Crippen LogP contribution < -0.4 is 5.73 Å². The van der Waals surface area contributed by atoms with Gasteiger partial charge in [-0.15, -0.1) is 0 Å². The lowest BCUT2D eigenvalue weighted by molar-refractivity contribution is -0.135. The molecule has 3 nitrogen and oxygen atoms in total. The molecule has 1 amide bonds. The first-order chi connectivity index (χ1) is 7.60. The molecule has 0 saturated carbocycles. The van der Waals surface area contributed by atoms with Crippen molar-refractivity contribution in [1.29, 1.82) is 0 Å². The van der Waals surface area contributed by atoms with E-state index in [9.17, 15) is 4.79 Å². The van der Waals surface area contributed by atoms with Crippen molar-refractivity contribution in [2.45, 2.75) is 39.5 Å². The van der Waals surface area contributed by atoms with E-state index in [4.69, 9.17) is 18.0 Å². The Morgan fingerprint density at radius 1 is 1.56 bits per heavy atom. The van der Waals surface area contributed by atoms with E-state index in [0.717, 1.165) is 25.9 Å². The van der Waals surface area contributed by atoms with Crippen LogP contribution in [0.2, 0.25) is 0 Å². The van der Waals surface area contributed by atoms with Gasteiger partial charge in [0.15, 0.2) is 0 Å². The Morgan fingerprint density at radius 3 is 2.75 bits per heavy atom. The molecule has 0 aliphatic carbocycles. The second-order valence-corrected chi connectivity index (χ2v) is 5.04. The number of likely N-dealkylation sites (tertiary alicyclic amines) is 1. The molecule has 2 N–H and O–H groups in total. The third-order valence-electron chi connectivity index (χ3n) is 3.46. The van der Waals surface area contributed by atoms with Crippen LogP contribution in [0, 0.1) is 11.8 Å². The van der Waals surface area contributed by atoms with Gasteiger partial charge in [-0.2, -0.15) is 0 Å². The second kappa shape index (κ2) is 6.18. The Bertz CT molecular complexity index is 268. The third kappa shape index (κ3) is 3.17. The molecular weight excluding hydrogens is 220 g/mol. The van der Waals surface area contributed by atoms with Crippen LogP contribution in [-0.4, -0.2) is 28.9 Å². The first kappa shape index (κ1) is 13.4. The standard InChI is InChI=1S/C12H22N2OS/c1-3-9-6-5-7-14(8-9)12(15)10(4-2)11(13)16/h9-10H,3-8H2,1-2H3,(H2,13,16). The van der Waals surface area contributed by atoms with Gasteiger partial charge in [-0.25, -0.2) is 0 Å². The smallest absolute Gasteiger partial charge is 0.232 e. The minimum atomic E-state index is -0.259. The average Bonchev–Trinajstić information content (AvgIpc) is 2.29. The molecule has 2 atom stereocenters. The molecule has 2 unspecified atom stereocenters. The van der Waals surface area contributed by atoms with Crippen LogP contribution >= 0.6 is 12.2 Å². The number of rotatable bonds is 4. The fourth-order valence-corrected chi connectivity index (χ4v) is 2.58. The fraction of sp³-hybridized carbons (Fsp3) is 0.833. The number of thiocarbonyl (C=S) groups is 1. The zero-order chi connectivity index (χ0) is 12.1. The number of hydrogen-bond acceptors (Lipinski definition) is 2. The Labute approximate surface area is 103 Å². The molecule has 16 heavy (non-hydrogen) atoms. The number of hydrogen-bond donors (Lipinski definition) is 1. The summed E-state index contributed by atoms with van der Waals surface area (Å²) in [4.78, 5) is 14.5. The van der Waals surface area contributed by atoms with Gasteiger partial charge in [0, 0.05) is 13.1 Å². The van der Waals surface area contributed by atoms with E-state index in [-0.39, 0.29) is 11.8 Å². The van der Waals surface area contributed by atoms with Gasteiger partial charge >= 0.3 is 0 Å². The van der Waals surface area contributed by atoms with Crippen molar-refractivity contribution >= 4 is 23.1 Å². The summed E-state index contributed by atoms with van der Waals surface area (Å²) in [6.07, 6.45) is 4.21. The normalized spacial score (nSPS) is 22.9. The van der Waals surface area contributed by atoms with E-state index < -0.39 is 0 Å². The minimum Gasteiger partial charge on any atom is -0.393 e. The maximum Gasteiger partial charge on any atom is 0.232 e. The van der Waals surface area contributed by atoms with Crippen LogP contribution in [0.1, 0.15) is 39.5 Å². The number of nitrogens with two attached hydrogens (primary N) is 1. The molecule has 1 fully saturated rings. The minimum absolute atomic E-state index is 0.133. The van der Waals surface area contributed by atoms with Crippen LogP contribution in [-0.2, 0) is 4.79 Å². The maximum atomic E-state index is 12.2. The van der Waals surface area contributed by atoms with E-state index in [0.29, 0.717) is 17.3 Å². The fourth-order valence-electron chi connectivity index (χ4n) is 2.32. The number of carbonyl (C=O) groups is 1. The van der Waals surface area contributed by atoms with Crippen molar-refractivity contribution in [2.24, 2.45) is 17.6 Å². The topological polar surface area (TPSA) is 46.3 Å². The molecule has 1 heterocycles. The van der Waals surface area contributed by atoms with Gasteiger partial charge in [-0.05, 0) is 25.2 Å². The van der Waals surface area contributed by atoms with Crippen molar-refractivity contribution in [3.05, 3.63) is 0 Å². The Kier molecular flexibility index (Phi) is 5.19. The highest BCUT2D eigenvalue weighted by molar-refractivity contribution is 7.80. The zero-order valence-corrected chi connectivity index (χ0v) is 11.1. The molecule has 0 bridgehead atoms. The lowest BCUT2D eigenvalue weighted by Crippen LogP contribution is -2.45. The summed E-state index contributed by atoms with van der Waals surface area (Å²) in [7, 11) is 0. The van der Waals surface area contributed by atoms with Gasteiger partial charge in [0.05, 0.1) is 10.9 Å². The highest BCUT2D eigenvalue weighted by Gasteiger charge is 2.28. The van der Waals surface area contributed by atoms with Crippen LogP contribution in [0.5, 0.6) is 0 Å². The van der Waals surface area contributed by atoms with Crippen molar-refractivity contribution < 1.29 is 4.79 Å². The van der Waals surface area contributed by atoms with E-state index in [1.807, 2.05) is 11.8 Å². The van der Waals surface area contributed by atoms with Crippen molar-refractivity contribution in [2.75, 3.05) is 13.1 Å². The number of carbonyl (C=O) groups excluding carboxylic acids is 1. The SMILES string of the molecule is CCC1CCCN(C(=O)C(CC)C(N)=S)C1. The summed E-state index contributed by atoms with van der Waals surface area (Å²) in [5.41, 5.74) is 5.61. The van der Waals surface area contributed by atoms with E-state index in [2.05, 4.69) is 6.92 Å². The molecule has 1 aliphatic rings. The predicted molar refractivity (Wildman–Crippen MR) is 70.2 cm³/mol. The maximum absolute atomic E-state index is 12.2. The summed E-state index contributed by atoms with van der Waals surface area (Å²) in [6.45, 7) is 5.90. The van der Waals surface area contributed by atoms with Crippen LogP contribution in [0.15, 0.2) is 0 Å². The quantitative estimate of drug-likeness (QED) is 0.766. The molecule has 92 valence electrons. The number of nitrogens with zero attached hydrogens (tertiary/aromatic N) is 1. The lowest BCUT2D eigenvalue weighted by Gasteiger charge is -2.34. The summed E-state index contributed by atoms with van der Waals surface area (Å²) < 4.78 is 0. The number of piperidine rings is 1. The number of amides is 1. The molecule has 0 aromatic carbocycles. The average molecular weight is 242 g/mol. The molecule has 0 aromatic heterocycles. The second-order valence-electron chi connectivity index (χ2n) is 4.56. The third-order valence-corrected chi connectivity index (χ3v) is 3.74.